The Labute approximate surface area is 131 Å². The smallest absolute Gasteiger partial charge is 0.136 e. The maximum absolute atomic E-state index is 6.15. The average Bonchev–Trinajstić information content (AvgIpc) is 2.42. The summed E-state index contributed by atoms with van der Waals surface area (Å²) in [5, 5.41) is 7.37. The molecule has 0 spiro atoms. The largest absolute Gasteiger partial charge is 0.367 e. The number of aryl methyl sites for hydroxylation is 2. The molecule has 112 valence electrons. The molecule has 4 nitrogen and oxygen atoms in total. The van der Waals surface area contributed by atoms with E-state index in [1.54, 1.807) is 0 Å². The minimum atomic E-state index is 0.376. The van der Waals surface area contributed by atoms with E-state index in [4.69, 9.17) is 11.6 Å². The second-order valence-corrected chi connectivity index (χ2v) is 5.64. The number of anilines is 3. The first-order valence-corrected chi connectivity index (χ1v) is 7.51. The molecule has 0 bridgehead atoms. The summed E-state index contributed by atoms with van der Waals surface area (Å²) < 4.78 is 0. The van der Waals surface area contributed by atoms with Crippen LogP contribution in [-0.2, 0) is 0 Å². The Kier molecular flexibility index (Phi) is 5.02. The summed E-state index contributed by atoms with van der Waals surface area (Å²) in [7, 11) is 0. The predicted molar refractivity (Wildman–Crippen MR) is 89.6 cm³/mol. The summed E-state index contributed by atoms with van der Waals surface area (Å²) in [4.78, 5) is 8.82. The van der Waals surface area contributed by atoms with Gasteiger partial charge in [-0.2, -0.15) is 0 Å². The number of hydrogen-bond donors (Lipinski definition) is 2. The van der Waals surface area contributed by atoms with E-state index in [1.807, 2.05) is 38.1 Å². The molecule has 0 aliphatic heterocycles. The van der Waals surface area contributed by atoms with Gasteiger partial charge in [0.25, 0.3) is 0 Å². The van der Waals surface area contributed by atoms with Crippen molar-refractivity contribution >= 4 is 28.9 Å². The van der Waals surface area contributed by atoms with Gasteiger partial charge < -0.3 is 10.6 Å². The zero-order valence-corrected chi connectivity index (χ0v) is 13.6. The third kappa shape index (κ3) is 4.33. The number of rotatable bonds is 5. The van der Waals surface area contributed by atoms with Crippen LogP contribution in [0.2, 0.25) is 5.02 Å². The second-order valence-electron chi connectivity index (χ2n) is 5.23. The first-order valence-electron chi connectivity index (χ1n) is 7.13. The molecule has 0 saturated carbocycles. The van der Waals surface area contributed by atoms with Crippen molar-refractivity contribution in [2.75, 3.05) is 10.6 Å². The van der Waals surface area contributed by atoms with Gasteiger partial charge >= 0.3 is 0 Å². The van der Waals surface area contributed by atoms with Crippen molar-refractivity contribution in [3.05, 3.63) is 40.7 Å². The summed E-state index contributed by atoms with van der Waals surface area (Å²) in [6.45, 7) is 8.13. The highest BCUT2D eigenvalue weighted by atomic mass is 35.5. The predicted octanol–water partition coefficient (Wildman–Crippen LogP) is 4.70. The maximum atomic E-state index is 6.15. The summed E-state index contributed by atoms with van der Waals surface area (Å²) >= 11 is 6.15. The lowest BCUT2D eigenvalue weighted by molar-refractivity contribution is 0.757. The summed E-state index contributed by atoms with van der Waals surface area (Å²) in [6, 6.07) is 8.15. The fourth-order valence-electron chi connectivity index (χ4n) is 1.88. The van der Waals surface area contributed by atoms with E-state index in [-0.39, 0.29) is 0 Å². The SMILES string of the molecule is CCC(C)Nc1cc(Nc2ccc(C)c(Cl)c2)nc(C)n1. The molecule has 0 fully saturated rings. The van der Waals surface area contributed by atoms with Crippen LogP contribution in [-0.4, -0.2) is 16.0 Å². The van der Waals surface area contributed by atoms with E-state index in [2.05, 4.69) is 34.4 Å². The first-order chi connectivity index (χ1) is 9.97. The van der Waals surface area contributed by atoms with Crippen LogP contribution < -0.4 is 10.6 Å². The van der Waals surface area contributed by atoms with E-state index < -0.39 is 0 Å². The maximum Gasteiger partial charge on any atom is 0.136 e. The van der Waals surface area contributed by atoms with Crippen molar-refractivity contribution in [1.82, 2.24) is 9.97 Å². The van der Waals surface area contributed by atoms with Crippen LogP contribution in [0.3, 0.4) is 0 Å². The lowest BCUT2D eigenvalue weighted by Crippen LogP contribution is -2.15. The molecule has 1 unspecified atom stereocenters. The molecule has 21 heavy (non-hydrogen) atoms. The van der Waals surface area contributed by atoms with E-state index in [1.165, 1.54) is 0 Å². The van der Waals surface area contributed by atoms with Crippen molar-refractivity contribution in [2.45, 2.75) is 40.2 Å². The molecule has 1 heterocycles. The van der Waals surface area contributed by atoms with E-state index in [0.29, 0.717) is 6.04 Å². The molecule has 0 aliphatic carbocycles. The van der Waals surface area contributed by atoms with Crippen molar-refractivity contribution in [3.63, 3.8) is 0 Å². The van der Waals surface area contributed by atoms with Gasteiger partial charge in [0, 0.05) is 22.8 Å². The number of aromatic nitrogens is 2. The van der Waals surface area contributed by atoms with Gasteiger partial charge in [0.1, 0.15) is 17.5 Å². The number of halogens is 1. The van der Waals surface area contributed by atoms with E-state index in [9.17, 15) is 0 Å². The number of benzene rings is 1. The van der Waals surface area contributed by atoms with Crippen molar-refractivity contribution in [2.24, 2.45) is 0 Å². The van der Waals surface area contributed by atoms with Crippen LogP contribution in [0.1, 0.15) is 31.7 Å². The standard InChI is InChI=1S/C16H21ClN4/c1-5-11(3)18-15-9-16(20-12(4)19-15)21-13-7-6-10(2)14(17)8-13/h6-9,11H,5H2,1-4H3,(H2,18,19,20,21). The van der Waals surface area contributed by atoms with Crippen LogP contribution in [0.15, 0.2) is 24.3 Å². The normalized spacial score (nSPS) is 12.0. The lowest BCUT2D eigenvalue weighted by atomic mass is 10.2. The van der Waals surface area contributed by atoms with Gasteiger partial charge in [-0.1, -0.05) is 24.6 Å². The molecular formula is C16H21ClN4. The van der Waals surface area contributed by atoms with Crippen LogP contribution >= 0.6 is 11.6 Å². The highest BCUT2D eigenvalue weighted by Gasteiger charge is 2.06. The van der Waals surface area contributed by atoms with Gasteiger partial charge in [-0.15, -0.1) is 0 Å². The summed E-state index contributed by atoms with van der Waals surface area (Å²) in [5.41, 5.74) is 1.97. The van der Waals surface area contributed by atoms with E-state index in [0.717, 1.165) is 40.2 Å². The van der Waals surface area contributed by atoms with Gasteiger partial charge in [-0.25, -0.2) is 9.97 Å². The quantitative estimate of drug-likeness (QED) is 0.840. The topological polar surface area (TPSA) is 49.8 Å². The molecule has 0 radical (unpaired) electrons. The Morgan fingerprint density at radius 1 is 1.14 bits per heavy atom. The summed E-state index contributed by atoms with van der Waals surface area (Å²) in [5.74, 6) is 2.31. The van der Waals surface area contributed by atoms with Crippen LogP contribution in [0, 0.1) is 13.8 Å². The van der Waals surface area contributed by atoms with Crippen molar-refractivity contribution in [3.8, 4) is 0 Å². The Hall–Kier alpha value is -1.81. The van der Waals surface area contributed by atoms with Crippen LogP contribution in [0.25, 0.3) is 0 Å². The van der Waals surface area contributed by atoms with Gasteiger partial charge in [0.05, 0.1) is 0 Å². The van der Waals surface area contributed by atoms with Crippen molar-refractivity contribution in [1.29, 1.82) is 0 Å². The number of nitrogens with one attached hydrogen (secondary N) is 2. The molecule has 2 aromatic rings. The third-order valence-electron chi connectivity index (χ3n) is 3.29. The number of hydrogen-bond acceptors (Lipinski definition) is 4. The lowest BCUT2D eigenvalue weighted by Gasteiger charge is -2.14. The second kappa shape index (κ2) is 6.76. The van der Waals surface area contributed by atoms with Crippen LogP contribution in [0.5, 0.6) is 0 Å². The van der Waals surface area contributed by atoms with Gasteiger partial charge in [-0.05, 0) is 44.9 Å². The molecule has 2 rings (SSSR count). The van der Waals surface area contributed by atoms with Gasteiger partial charge in [0.2, 0.25) is 0 Å². The molecule has 2 N–H and O–H groups in total. The monoisotopic (exact) mass is 304 g/mol. The minimum Gasteiger partial charge on any atom is -0.367 e. The fraction of sp³-hybridized carbons (Fsp3) is 0.375. The highest BCUT2D eigenvalue weighted by molar-refractivity contribution is 6.31. The van der Waals surface area contributed by atoms with Gasteiger partial charge in [0.15, 0.2) is 0 Å². The molecular weight excluding hydrogens is 284 g/mol. The molecule has 1 atom stereocenters. The van der Waals surface area contributed by atoms with Gasteiger partial charge in [-0.3, -0.25) is 0 Å². The molecule has 0 saturated heterocycles. The summed E-state index contributed by atoms with van der Waals surface area (Å²) in [6.07, 6.45) is 1.04. The Balaban J connectivity index is 2.21. The third-order valence-corrected chi connectivity index (χ3v) is 3.70. The molecule has 0 amide bonds. The Morgan fingerprint density at radius 3 is 2.52 bits per heavy atom. The van der Waals surface area contributed by atoms with E-state index >= 15 is 0 Å². The Bertz CT molecular complexity index is 628. The molecule has 5 heteroatoms. The average molecular weight is 305 g/mol. The van der Waals surface area contributed by atoms with Crippen molar-refractivity contribution < 1.29 is 0 Å². The molecule has 1 aromatic carbocycles. The first kappa shape index (κ1) is 15.6. The molecule has 1 aromatic heterocycles. The number of nitrogens with zero attached hydrogens (tertiary/aromatic N) is 2. The Morgan fingerprint density at radius 2 is 1.86 bits per heavy atom. The molecule has 0 aliphatic rings. The fourth-order valence-corrected chi connectivity index (χ4v) is 2.06. The highest BCUT2D eigenvalue weighted by Crippen LogP contribution is 2.23. The zero-order chi connectivity index (χ0) is 15.4. The zero-order valence-electron chi connectivity index (χ0n) is 12.9. The van der Waals surface area contributed by atoms with Crippen LogP contribution in [0.4, 0.5) is 17.3 Å². The minimum absolute atomic E-state index is 0.376.